The summed E-state index contributed by atoms with van der Waals surface area (Å²) in [5.41, 5.74) is 2.60. The molecule has 1 aliphatic carbocycles. The second kappa shape index (κ2) is 5.94. The lowest BCUT2D eigenvalue weighted by Crippen LogP contribution is -2.32. The molecule has 110 valence electrons. The molecule has 3 heteroatoms. The summed E-state index contributed by atoms with van der Waals surface area (Å²) >= 11 is 7.81. The molecule has 0 saturated carbocycles. The molecule has 2 aromatic rings. The van der Waals surface area contributed by atoms with Crippen molar-refractivity contribution in [3.05, 3.63) is 56.7 Å². The summed E-state index contributed by atoms with van der Waals surface area (Å²) in [6.45, 7) is 4.01. The number of carbonyl (C=O) groups excluding carboxylic acids is 1. The predicted molar refractivity (Wildman–Crippen MR) is 89.3 cm³/mol. The van der Waals surface area contributed by atoms with Crippen molar-refractivity contribution in [1.29, 1.82) is 0 Å². The van der Waals surface area contributed by atoms with Crippen LogP contribution in [-0.4, -0.2) is 5.78 Å². The minimum atomic E-state index is 0.0879. The van der Waals surface area contributed by atoms with E-state index in [1.807, 2.05) is 37.3 Å². The number of benzene rings is 1. The smallest absolute Gasteiger partial charge is 0.139 e. The second-order valence-electron chi connectivity index (χ2n) is 6.10. The van der Waals surface area contributed by atoms with E-state index in [1.165, 1.54) is 16.0 Å². The summed E-state index contributed by atoms with van der Waals surface area (Å²) in [5, 5.41) is 2.89. The molecule has 3 rings (SSSR count). The summed E-state index contributed by atoms with van der Waals surface area (Å²) < 4.78 is 0. The van der Waals surface area contributed by atoms with Crippen LogP contribution in [0.3, 0.4) is 0 Å². The third kappa shape index (κ3) is 2.93. The van der Waals surface area contributed by atoms with Gasteiger partial charge in [0, 0.05) is 21.7 Å². The quantitative estimate of drug-likeness (QED) is 0.767. The Balaban J connectivity index is 1.98. The van der Waals surface area contributed by atoms with Gasteiger partial charge in [-0.15, -0.1) is 11.3 Å². The lowest BCUT2D eigenvalue weighted by Gasteiger charge is -2.32. The Morgan fingerprint density at radius 1 is 1.19 bits per heavy atom. The van der Waals surface area contributed by atoms with Gasteiger partial charge >= 0.3 is 0 Å². The maximum Gasteiger partial charge on any atom is 0.139 e. The first kappa shape index (κ1) is 14.8. The molecule has 1 heterocycles. The van der Waals surface area contributed by atoms with E-state index >= 15 is 0 Å². The lowest BCUT2D eigenvalue weighted by atomic mass is 9.71. The van der Waals surface area contributed by atoms with E-state index in [2.05, 4.69) is 23.6 Å². The van der Waals surface area contributed by atoms with Crippen LogP contribution in [-0.2, 0) is 17.6 Å². The molecule has 0 N–H and O–H groups in total. The molecule has 0 fully saturated rings. The van der Waals surface area contributed by atoms with E-state index in [9.17, 15) is 4.79 Å². The van der Waals surface area contributed by atoms with Gasteiger partial charge in [0.15, 0.2) is 0 Å². The molecule has 0 radical (unpaired) electrons. The predicted octanol–water partition coefficient (Wildman–Crippen LogP) is 5.13. The second-order valence-corrected chi connectivity index (χ2v) is 7.54. The van der Waals surface area contributed by atoms with Crippen molar-refractivity contribution in [1.82, 2.24) is 0 Å². The SMILES string of the molecule is CC(C)C(=O)C1Cc2ccsc2CC1c1ccc(Cl)cc1. The van der Waals surface area contributed by atoms with Crippen molar-refractivity contribution in [3.8, 4) is 0 Å². The minimum absolute atomic E-state index is 0.0879. The molecular formula is C18H19ClOS. The van der Waals surface area contributed by atoms with Crippen LogP contribution in [0.25, 0.3) is 0 Å². The molecule has 0 spiro atoms. The van der Waals surface area contributed by atoms with Crippen molar-refractivity contribution in [2.24, 2.45) is 11.8 Å². The minimum Gasteiger partial charge on any atom is -0.299 e. The molecule has 0 amide bonds. The van der Waals surface area contributed by atoms with Crippen LogP contribution in [0, 0.1) is 11.8 Å². The largest absolute Gasteiger partial charge is 0.299 e. The number of hydrogen-bond acceptors (Lipinski definition) is 2. The fraction of sp³-hybridized carbons (Fsp3) is 0.389. The van der Waals surface area contributed by atoms with Gasteiger partial charge in [-0.1, -0.05) is 37.6 Å². The summed E-state index contributed by atoms with van der Waals surface area (Å²) in [5.74, 6) is 0.841. The molecule has 1 aliphatic rings. The van der Waals surface area contributed by atoms with E-state index in [4.69, 9.17) is 11.6 Å². The van der Waals surface area contributed by atoms with Crippen LogP contribution in [0.4, 0.5) is 0 Å². The first-order valence-electron chi connectivity index (χ1n) is 7.40. The van der Waals surface area contributed by atoms with Crippen LogP contribution >= 0.6 is 22.9 Å². The van der Waals surface area contributed by atoms with Gasteiger partial charge in [0.2, 0.25) is 0 Å². The number of rotatable bonds is 3. The Labute approximate surface area is 135 Å². The molecular weight excluding hydrogens is 300 g/mol. The van der Waals surface area contributed by atoms with E-state index in [-0.39, 0.29) is 17.8 Å². The third-order valence-electron chi connectivity index (χ3n) is 4.40. The van der Waals surface area contributed by atoms with Crippen LogP contribution in [0.15, 0.2) is 35.7 Å². The van der Waals surface area contributed by atoms with Gasteiger partial charge in [0.05, 0.1) is 0 Å². The van der Waals surface area contributed by atoms with Crippen molar-refractivity contribution in [2.75, 3.05) is 0 Å². The van der Waals surface area contributed by atoms with Crippen molar-refractivity contribution in [2.45, 2.75) is 32.6 Å². The molecule has 1 aromatic carbocycles. The monoisotopic (exact) mass is 318 g/mol. The summed E-state index contributed by atoms with van der Waals surface area (Å²) in [4.78, 5) is 14.1. The zero-order valence-corrected chi connectivity index (χ0v) is 13.9. The maximum atomic E-state index is 12.7. The first-order valence-corrected chi connectivity index (χ1v) is 8.66. The van der Waals surface area contributed by atoms with Crippen LogP contribution in [0.2, 0.25) is 5.02 Å². The number of fused-ring (bicyclic) bond motifs is 1. The van der Waals surface area contributed by atoms with Crippen molar-refractivity contribution >= 4 is 28.7 Å². The van der Waals surface area contributed by atoms with Crippen molar-refractivity contribution < 1.29 is 4.79 Å². The van der Waals surface area contributed by atoms with E-state index in [0.29, 0.717) is 5.78 Å². The van der Waals surface area contributed by atoms with Gasteiger partial charge in [0.1, 0.15) is 5.78 Å². The Morgan fingerprint density at radius 2 is 1.90 bits per heavy atom. The number of hydrogen-bond donors (Lipinski definition) is 0. The van der Waals surface area contributed by atoms with Gasteiger partial charge in [-0.05, 0) is 53.5 Å². The Bertz CT molecular complexity index is 641. The van der Waals surface area contributed by atoms with Gasteiger partial charge in [-0.25, -0.2) is 0 Å². The summed E-state index contributed by atoms with van der Waals surface area (Å²) in [6.07, 6.45) is 1.85. The van der Waals surface area contributed by atoms with E-state index in [0.717, 1.165) is 17.9 Å². The Hall–Kier alpha value is -1.12. The van der Waals surface area contributed by atoms with Crippen LogP contribution < -0.4 is 0 Å². The maximum absolute atomic E-state index is 12.7. The first-order chi connectivity index (χ1) is 10.1. The highest BCUT2D eigenvalue weighted by atomic mass is 35.5. The van der Waals surface area contributed by atoms with E-state index < -0.39 is 0 Å². The number of halogens is 1. The molecule has 1 aromatic heterocycles. The summed E-state index contributed by atoms with van der Waals surface area (Å²) in [6, 6.07) is 10.2. The van der Waals surface area contributed by atoms with Gasteiger partial charge in [0.25, 0.3) is 0 Å². The number of thiophene rings is 1. The number of ketones is 1. The van der Waals surface area contributed by atoms with Gasteiger partial charge in [-0.3, -0.25) is 4.79 Å². The highest BCUT2D eigenvalue weighted by Crippen LogP contribution is 2.40. The Kier molecular flexibility index (Phi) is 4.19. The molecule has 2 unspecified atom stereocenters. The molecule has 0 bridgehead atoms. The zero-order chi connectivity index (χ0) is 15.0. The Morgan fingerprint density at radius 3 is 2.57 bits per heavy atom. The van der Waals surface area contributed by atoms with Crippen LogP contribution in [0.1, 0.15) is 35.8 Å². The average Bonchev–Trinajstić information content (AvgIpc) is 2.93. The number of carbonyl (C=O) groups is 1. The highest BCUT2D eigenvalue weighted by molar-refractivity contribution is 7.10. The molecule has 0 saturated heterocycles. The van der Waals surface area contributed by atoms with Crippen molar-refractivity contribution in [3.63, 3.8) is 0 Å². The topological polar surface area (TPSA) is 17.1 Å². The van der Waals surface area contributed by atoms with E-state index in [1.54, 1.807) is 0 Å². The molecule has 1 nitrogen and oxygen atoms in total. The third-order valence-corrected chi connectivity index (χ3v) is 5.64. The van der Waals surface area contributed by atoms with Gasteiger partial charge < -0.3 is 0 Å². The molecule has 0 aliphatic heterocycles. The fourth-order valence-corrected chi connectivity index (χ4v) is 4.34. The average molecular weight is 319 g/mol. The highest BCUT2D eigenvalue weighted by Gasteiger charge is 2.35. The zero-order valence-electron chi connectivity index (χ0n) is 12.3. The summed E-state index contributed by atoms with van der Waals surface area (Å²) in [7, 11) is 0. The van der Waals surface area contributed by atoms with Gasteiger partial charge in [-0.2, -0.15) is 0 Å². The standard InChI is InChI=1S/C18H19ClOS/c1-11(2)18(20)16-9-13-7-8-21-17(13)10-15(16)12-3-5-14(19)6-4-12/h3-8,11,15-16H,9-10H2,1-2H3. The molecule has 2 atom stereocenters. The lowest BCUT2D eigenvalue weighted by molar-refractivity contribution is -0.126. The normalized spacial score (nSPS) is 21.3. The number of Topliss-reactive ketones (excluding diaryl/α,β-unsaturated/α-hetero) is 1. The fourth-order valence-electron chi connectivity index (χ4n) is 3.24. The molecule has 21 heavy (non-hydrogen) atoms. The van der Waals surface area contributed by atoms with Crippen LogP contribution in [0.5, 0.6) is 0 Å².